The minimum absolute atomic E-state index is 0.0277. The van der Waals surface area contributed by atoms with Crippen LogP contribution in [0.3, 0.4) is 0 Å². The van der Waals surface area contributed by atoms with Gasteiger partial charge in [0.1, 0.15) is 16.4 Å². The molecule has 0 atom stereocenters. The number of benzene rings is 1. The molecular weight excluding hydrogens is 460 g/mol. The highest BCUT2D eigenvalue weighted by Crippen LogP contribution is 2.49. The zero-order valence-corrected chi connectivity index (χ0v) is 15.0. The fourth-order valence-electron chi connectivity index (χ4n) is 2.26. The van der Waals surface area contributed by atoms with Crippen LogP contribution in [-0.2, 0) is 19.1 Å². The van der Waals surface area contributed by atoms with E-state index >= 15 is 0 Å². The predicted octanol–water partition coefficient (Wildman–Crippen LogP) is 4.91. The maximum absolute atomic E-state index is 13.6. The van der Waals surface area contributed by atoms with E-state index in [4.69, 9.17) is 11.6 Å². The molecule has 16 heteroatoms. The summed E-state index contributed by atoms with van der Waals surface area (Å²) in [6.45, 7) is 0. The van der Waals surface area contributed by atoms with Gasteiger partial charge in [0.2, 0.25) is 0 Å². The third kappa shape index (κ3) is 4.15. The molecule has 0 fully saturated rings. The van der Waals surface area contributed by atoms with Gasteiger partial charge in [0.05, 0.1) is 4.92 Å². The van der Waals surface area contributed by atoms with Crippen LogP contribution in [0.4, 0.5) is 46.6 Å². The molecule has 0 aliphatic rings. The summed E-state index contributed by atoms with van der Waals surface area (Å²) in [7, 11) is 0.588. The number of halogens is 9. The number of amides is 1. The Balaban J connectivity index is 2.60. The Morgan fingerprint density at radius 3 is 2.20 bits per heavy atom. The highest BCUT2D eigenvalue weighted by molar-refractivity contribution is 6.32. The van der Waals surface area contributed by atoms with Crippen molar-refractivity contribution in [2.45, 2.75) is 18.3 Å². The molecule has 0 aliphatic heterocycles. The molecule has 0 bridgehead atoms. The summed E-state index contributed by atoms with van der Waals surface area (Å²) >= 11 is 5.54. The number of alkyl halides is 8. The zero-order chi connectivity index (χ0) is 23.2. The fraction of sp³-hybridized carbons (Fsp3) is 0.286. The van der Waals surface area contributed by atoms with Crippen molar-refractivity contribution in [3.8, 4) is 0 Å². The van der Waals surface area contributed by atoms with Gasteiger partial charge in [-0.2, -0.15) is 40.2 Å². The van der Waals surface area contributed by atoms with E-state index in [1.807, 2.05) is 0 Å². The van der Waals surface area contributed by atoms with Gasteiger partial charge in [0.15, 0.2) is 5.69 Å². The van der Waals surface area contributed by atoms with Crippen LogP contribution >= 0.6 is 11.6 Å². The zero-order valence-electron chi connectivity index (χ0n) is 14.2. The summed E-state index contributed by atoms with van der Waals surface area (Å²) in [6.07, 6.45) is -12.2. The Labute approximate surface area is 165 Å². The lowest BCUT2D eigenvalue weighted by Crippen LogP contribution is -2.36. The Hall–Kier alpha value is -2.97. The second-order valence-electron chi connectivity index (χ2n) is 5.64. The molecule has 1 aromatic carbocycles. The number of hydrogen-bond acceptors (Lipinski definition) is 4. The van der Waals surface area contributed by atoms with Crippen LogP contribution < -0.4 is 5.32 Å². The average Bonchev–Trinajstić information content (AvgIpc) is 2.91. The first-order chi connectivity index (χ1) is 13.5. The standard InChI is InChI=1S/C14H7ClF8N4O3/c1-26-10(24-11(28)5-2-3-6(15)7(4-5)27(29)30)8(13(18,19)20)9(25-26)12(16,17)14(21,22)23/h2-4H,1H3,(H,24,28). The lowest BCUT2D eigenvalue weighted by atomic mass is 10.1. The van der Waals surface area contributed by atoms with Crippen molar-refractivity contribution in [1.29, 1.82) is 0 Å². The number of aromatic nitrogens is 2. The number of nitrogens with zero attached hydrogens (tertiary/aromatic N) is 3. The molecule has 164 valence electrons. The summed E-state index contributed by atoms with van der Waals surface area (Å²) in [6, 6.07) is 2.30. The average molecular weight is 467 g/mol. The quantitative estimate of drug-likeness (QED) is 0.394. The Morgan fingerprint density at radius 2 is 1.73 bits per heavy atom. The van der Waals surface area contributed by atoms with Gasteiger partial charge < -0.3 is 5.32 Å². The molecule has 1 N–H and O–H groups in total. The number of nitro benzene ring substituents is 1. The van der Waals surface area contributed by atoms with Gasteiger partial charge in [-0.1, -0.05) is 11.6 Å². The first kappa shape index (κ1) is 23.3. The summed E-state index contributed by atoms with van der Waals surface area (Å²) in [5.74, 6) is -8.99. The lowest BCUT2D eigenvalue weighted by molar-refractivity contribution is -0.384. The lowest BCUT2D eigenvalue weighted by Gasteiger charge is -2.19. The van der Waals surface area contributed by atoms with Crippen LogP contribution in [-0.4, -0.2) is 26.8 Å². The van der Waals surface area contributed by atoms with E-state index in [0.717, 1.165) is 12.1 Å². The van der Waals surface area contributed by atoms with E-state index in [-0.39, 0.29) is 4.68 Å². The Bertz CT molecular complexity index is 1020. The van der Waals surface area contributed by atoms with Crippen LogP contribution in [0.15, 0.2) is 18.2 Å². The van der Waals surface area contributed by atoms with Crippen LogP contribution in [0, 0.1) is 10.1 Å². The molecule has 0 saturated carbocycles. The number of nitrogens with one attached hydrogen (secondary N) is 1. The summed E-state index contributed by atoms with van der Waals surface area (Å²) in [5.41, 5.74) is -6.61. The molecule has 1 heterocycles. The first-order valence-electron chi connectivity index (χ1n) is 7.33. The van der Waals surface area contributed by atoms with Crippen LogP contribution in [0.1, 0.15) is 21.6 Å². The number of carbonyl (C=O) groups excluding carboxylic acids is 1. The van der Waals surface area contributed by atoms with Gasteiger partial charge in [-0.25, -0.2) is 0 Å². The maximum Gasteiger partial charge on any atom is 0.459 e. The highest BCUT2D eigenvalue weighted by atomic mass is 35.5. The van der Waals surface area contributed by atoms with Gasteiger partial charge in [-0.05, 0) is 12.1 Å². The summed E-state index contributed by atoms with van der Waals surface area (Å²) in [4.78, 5) is 22.0. The van der Waals surface area contributed by atoms with Crippen molar-refractivity contribution in [2.24, 2.45) is 7.05 Å². The molecule has 0 radical (unpaired) electrons. The second kappa shape index (κ2) is 7.37. The largest absolute Gasteiger partial charge is 0.459 e. The van der Waals surface area contributed by atoms with Gasteiger partial charge >= 0.3 is 18.3 Å². The topological polar surface area (TPSA) is 90.1 Å². The van der Waals surface area contributed by atoms with E-state index in [1.54, 1.807) is 0 Å². The SMILES string of the molecule is Cn1nc(C(F)(F)C(F)(F)F)c(C(F)(F)F)c1NC(=O)c1ccc(Cl)c([N+](=O)[O-])c1. The number of hydrogen-bond donors (Lipinski definition) is 1. The number of carbonyl (C=O) groups is 1. The van der Waals surface area contributed by atoms with Gasteiger partial charge in [0.25, 0.3) is 11.6 Å². The van der Waals surface area contributed by atoms with Crippen molar-refractivity contribution in [3.05, 3.63) is 50.2 Å². The fourth-order valence-corrected chi connectivity index (χ4v) is 2.45. The smallest absolute Gasteiger partial charge is 0.306 e. The van der Waals surface area contributed by atoms with Gasteiger partial charge in [-0.3, -0.25) is 19.6 Å². The molecule has 0 spiro atoms. The molecule has 0 unspecified atom stereocenters. The number of anilines is 1. The second-order valence-corrected chi connectivity index (χ2v) is 6.05. The summed E-state index contributed by atoms with van der Waals surface area (Å²) in [5, 5.41) is 14.5. The molecule has 2 aromatic rings. The molecule has 0 saturated heterocycles. The van der Waals surface area contributed by atoms with Crippen LogP contribution in [0.25, 0.3) is 0 Å². The third-order valence-electron chi connectivity index (χ3n) is 3.62. The molecule has 1 amide bonds. The van der Waals surface area contributed by atoms with Crippen molar-refractivity contribution in [1.82, 2.24) is 9.78 Å². The normalized spacial score (nSPS) is 12.7. The highest BCUT2D eigenvalue weighted by Gasteiger charge is 2.64. The Kier molecular flexibility index (Phi) is 5.73. The maximum atomic E-state index is 13.6. The third-order valence-corrected chi connectivity index (χ3v) is 3.94. The molecule has 0 aliphatic carbocycles. The molecular formula is C14H7ClF8N4O3. The molecule has 30 heavy (non-hydrogen) atoms. The number of aryl methyl sites for hydroxylation is 1. The van der Waals surface area contributed by atoms with Crippen molar-refractivity contribution in [2.75, 3.05) is 5.32 Å². The Morgan fingerprint density at radius 1 is 1.17 bits per heavy atom. The first-order valence-corrected chi connectivity index (χ1v) is 7.70. The minimum Gasteiger partial charge on any atom is -0.306 e. The number of rotatable bonds is 4. The van der Waals surface area contributed by atoms with E-state index in [2.05, 4.69) is 5.10 Å². The monoisotopic (exact) mass is 466 g/mol. The van der Waals surface area contributed by atoms with Gasteiger partial charge in [-0.15, -0.1) is 0 Å². The predicted molar refractivity (Wildman–Crippen MR) is 84.2 cm³/mol. The van der Waals surface area contributed by atoms with E-state index in [9.17, 15) is 50.0 Å². The van der Waals surface area contributed by atoms with E-state index in [1.165, 1.54) is 5.32 Å². The molecule has 1 aromatic heterocycles. The van der Waals surface area contributed by atoms with Gasteiger partial charge in [0, 0.05) is 18.7 Å². The molecule has 2 rings (SSSR count). The van der Waals surface area contributed by atoms with Crippen molar-refractivity contribution < 1.29 is 44.8 Å². The molecule has 7 nitrogen and oxygen atoms in total. The number of nitro groups is 1. The van der Waals surface area contributed by atoms with Crippen molar-refractivity contribution in [3.63, 3.8) is 0 Å². The van der Waals surface area contributed by atoms with Crippen LogP contribution in [0.5, 0.6) is 0 Å². The van der Waals surface area contributed by atoms with E-state index < -0.39 is 62.5 Å². The summed E-state index contributed by atoms with van der Waals surface area (Å²) < 4.78 is 105. The van der Waals surface area contributed by atoms with Crippen LogP contribution in [0.2, 0.25) is 5.02 Å². The minimum atomic E-state index is -6.40. The van der Waals surface area contributed by atoms with Crippen molar-refractivity contribution >= 4 is 29.0 Å². The van der Waals surface area contributed by atoms with E-state index in [0.29, 0.717) is 13.1 Å².